The average molecular weight is 712 g/mol. The van der Waals surface area contributed by atoms with E-state index < -0.39 is 79.0 Å². The van der Waals surface area contributed by atoms with E-state index in [0.717, 1.165) is 11.1 Å². The Bertz CT molecular complexity index is 1650. The normalized spacial score (nSPS) is 14.5. The van der Waals surface area contributed by atoms with Gasteiger partial charge >= 0.3 is 6.18 Å². The van der Waals surface area contributed by atoms with Crippen LogP contribution < -0.4 is 16.4 Å². The smallest absolute Gasteiger partial charge is 0.416 e. The number of nitrogens with one attached hydrogen (secondary N) is 2. The lowest BCUT2D eigenvalue weighted by atomic mass is 9.87. The van der Waals surface area contributed by atoms with Crippen LogP contribution in [0.4, 0.5) is 13.2 Å². The summed E-state index contributed by atoms with van der Waals surface area (Å²) in [6, 6.07) is 19.4. The van der Waals surface area contributed by atoms with Gasteiger partial charge in [0, 0.05) is 36.7 Å². The highest BCUT2D eigenvalue weighted by atomic mass is 19.4. The van der Waals surface area contributed by atoms with Crippen molar-refractivity contribution in [2.45, 2.75) is 77.2 Å². The zero-order valence-electron chi connectivity index (χ0n) is 28.7. The van der Waals surface area contributed by atoms with Crippen molar-refractivity contribution in [3.63, 3.8) is 0 Å². The molecule has 0 saturated carbocycles. The fourth-order valence-electron chi connectivity index (χ4n) is 5.52. The highest BCUT2D eigenvalue weighted by Crippen LogP contribution is 2.26. The molecule has 51 heavy (non-hydrogen) atoms. The zero-order chi connectivity index (χ0) is 37.9. The van der Waals surface area contributed by atoms with Gasteiger partial charge in [0.1, 0.15) is 5.75 Å². The summed E-state index contributed by atoms with van der Waals surface area (Å²) in [5.74, 6) is -5.76. The number of ketones is 2. The highest BCUT2D eigenvalue weighted by molar-refractivity contribution is 6.00. The topological polar surface area (TPSA) is 176 Å². The number of amides is 3. The molecule has 0 bridgehead atoms. The van der Waals surface area contributed by atoms with Crippen molar-refractivity contribution in [3.8, 4) is 16.9 Å². The van der Waals surface area contributed by atoms with Gasteiger partial charge in [-0.15, -0.1) is 0 Å². The summed E-state index contributed by atoms with van der Waals surface area (Å²) < 4.78 is 39.8. The van der Waals surface area contributed by atoms with Gasteiger partial charge in [0.15, 0.2) is 17.7 Å². The van der Waals surface area contributed by atoms with Crippen LogP contribution in [0.15, 0.2) is 78.9 Å². The van der Waals surface area contributed by atoms with Crippen LogP contribution in [0.2, 0.25) is 0 Å². The van der Waals surface area contributed by atoms with Crippen molar-refractivity contribution in [2.75, 3.05) is 0 Å². The third-order valence-electron chi connectivity index (χ3n) is 8.64. The number of aliphatic hydroxyl groups excluding tert-OH is 1. The number of nitrogens with two attached hydrogens (primary N) is 1. The number of halogens is 3. The van der Waals surface area contributed by atoms with E-state index in [2.05, 4.69) is 10.6 Å². The summed E-state index contributed by atoms with van der Waals surface area (Å²) in [5.41, 5.74) is 7.91. The van der Waals surface area contributed by atoms with Gasteiger partial charge in [-0.3, -0.25) is 24.0 Å². The van der Waals surface area contributed by atoms with Gasteiger partial charge in [-0.05, 0) is 47.6 Å². The molecule has 0 aliphatic heterocycles. The highest BCUT2D eigenvalue weighted by Gasteiger charge is 2.44. The van der Waals surface area contributed by atoms with E-state index in [0.29, 0.717) is 11.1 Å². The number of phenols is 1. The molecule has 3 rings (SSSR count). The second-order valence-electron chi connectivity index (χ2n) is 13.0. The maximum absolute atomic E-state index is 13.7. The van der Waals surface area contributed by atoms with Crippen LogP contribution >= 0.6 is 0 Å². The fourth-order valence-corrected chi connectivity index (χ4v) is 5.52. The average Bonchev–Trinajstić information content (AvgIpc) is 3.08. The van der Waals surface area contributed by atoms with Crippen LogP contribution in [-0.2, 0) is 25.6 Å². The van der Waals surface area contributed by atoms with Crippen LogP contribution in [0.5, 0.6) is 5.75 Å². The van der Waals surface area contributed by atoms with Crippen molar-refractivity contribution in [1.82, 2.24) is 10.6 Å². The number of hydrogen-bond acceptors (Lipinski definition) is 7. The minimum Gasteiger partial charge on any atom is -0.508 e. The van der Waals surface area contributed by atoms with E-state index in [-0.39, 0.29) is 30.3 Å². The van der Waals surface area contributed by atoms with Crippen molar-refractivity contribution in [1.29, 1.82) is 0 Å². The number of carbonyl (C=O) groups is 5. The number of aromatic hydroxyl groups is 1. The molecule has 0 fully saturated rings. The molecular formula is C38H44F3N3O7. The number of rotatable bonds is 18. The molecule has 10 nitrogen and oxygen atoms in total. The number of hydrogen-bond donors (Lipinski definition) is 5. The standard InChI is InChI=1S/C38H44F3N3O7/c1-22(2)29(21-32(46)27-13-11-26(12-14-27)25-7-5-4-6-8-25)37(51)44-31(20-24-9-15-28(45)16-10-24)33(47)19-23(3)36(50)43-30(17-18-34(42)48)35(49)38(39,40)41/h4-16,22-23,29-31,35,45,49H,17-21H2,1-3H3,(H2,42,48)(H,43,50)(H,44,51)/t23-,29+,30?,31+,35?/m1/s1. The number of benzene rings is 3. The number of Topliss-reactive ketones (excluding diaryl/α,β-unsaturated/α-hetero) is 2. The molecular weight excluding hydrogens is 667 g/mol. The van der Waals surface area contributed by atoms with Crippen LogP contribution in [0.25, 0.3) is 11.1 Å². The van der Waals surface area contributed by atoms with Gasteiger partial charge in [0.05, 0.1) is 12.1 Å². The predicted octanol–water partition coefficient (Wildman–Crippen LogP) is 4.90. The molecule has 3 amide bonds. The molecule has 0 heterocycles. The second-order valence-corrected chi connectivity index (χ2v) is 13.0. The number of aliphatic hydroxyl groups is 1. The lowest BCUT2D eigenvalue weighted by Gasteiger charge is -2.27. The van der Waals surface area contributed by atoms with Crippen molar-refractivity contribution >= 4 is 29.3 Å². The maximum Gasteiger partial charge on any atom is 0.416 e. The zero-order valence-corrected chi connectivity index (χ0v) is 28.7. The first kappa shape index (κ1) is 40.4. The van der Waals surface area contributed by atoms with Gasteiger partial charge < -0.3 is 26.6 Å². The van der Waals surface area contributed by atoms with Crippen LogP contribution in [0, 0.1) is 17.8 Å². The van der Waals surface area contributed by atoms with Crippen LogP contribution in [0.1, 0.15) is 62.4 Å². The fraction of sp³-hybridized carbons (Fsp3) is 0.395. The number of alkyl halides is 3. The van der Waals surface area contributed by atoms with E-state index in [1.54, 1.807) is 38.1 Å². The Hall–Kier alpha value is -5.04. The third kappa shape index (κ3) is 12.4. The summed E-state index contributed by atoms with van der Waals surface area (Å²) in [4.78, 5) is 64.8. The first-order valence-electron chi connectivity index (χ1n) is 16.6. The van der Waals surface area contributed by atoms with Gasteiger partial charge in [0.2, 0.25) is 17.7 Å². The Kier molecular flexibility index (Phi) is 14.5. The minimum absolute atomic E-state index is 0.0296. The van der Waals surface area contributed by atoms with E-state index in [1.165, 1.54) is 19.1 Å². The summed E-state index contributed by atoms with van der Waals surface area (Å²) in [5, 5.41) is 24.3. The van der Waals surface area contributed by atoms with Gasteiger partial charge in [-0.25, -0.2) is 0 Å². The molecule has 0 aromatic heterocycles. The molecule has 3 aromatic rings. The molecule has 0 saturated heterocycles. The summed E-state index contributed by atoms with van der Waals surface area (Å²) in [6.07, 6.45) is -9.91. The number of primary amides is 1. The SMILES string of the molecule is CC(C)[C@H](CC(=O)c1ccc(-c2ccccc2)cc1)C(=O)N[C@@H](Cc1ccc(O)cc1)C(=O)C[C@@H](C)C(=O)NC(CCC(N)=O)C(O)C(F)(F)F. The quantitative estimate of drug-likeness (QED) is 0.117. The molecule has 274 valence electrons. The Morgan fingerprint density at radius 2 is 1.37 bits per heavy atom. The van der Waals surface area contributed by atoms with Crippen molar-refractivity contribution in [2.24, 2.45) is 23.5 Å². The largest absolute Gasteiger partial charge is 0.508 e. The molecule has 3 aromatic carbocycles. The summed E-state index contributed by atoms with van der Waals surface area (Å²) in [7, 11) is 0. The molecule has 0 aliphatic carbocycles. The molecule has 2 unspecified atom stereocenters. The molecule has 13 heteroatoms. The van der Waals surface area contributed by atoms with Gasteiger partial charge in [0.25, 0.3) is 0 Å². The monoisotopic (exact) mass is 711 g/mol. The lowest BCUT2D eigenvalue weighted by Crippen LogP contribution is -2.52. The van der Waals surface area contributed by atoms with Crippen LogP contribution in [0.3, 0.4) is 0 Å². The third-order valence-corrected chi connectivity index (χ3v) is 8.64. The summed E-state index contributed by atoms with van der Waals surface area (Å²) >= 11 is 0. The molecule has 0 spiro atoms. The van der Waals surface area contributed by atoms with E-state index in [1.807, 2.05) is 42.5 Å². The van der Waals surface area contributed by atoms with Crippen molar-refractivity contribution < 1.29 is 47.4 Å². The van der Waals surface area contributed by atoms with Gasteiger partial charge in [-0.1, -0.05) is 87.5 Å². The molecule has 0 aliphatic rings. The number of carbonyl (C=O) groups excluding carboxylic acids is 5. The Morgan fingerprint density at radius 1 is 0.784 bits per heavy atom. The predicted molar refractivity (Wildman–Crippen MR) is 184 cm³/mol. The van der Waals surface area contributed by atoms with Crippen molar-refractivity contribution in [3.05, 3.63) is 90.0 Å². The molecule has 5 atom stereocenters. The maximum atomic E-state index is 13.7. The first-order chi connectivity index (χ1) is 24.0. The Balaban J connectivity index is 1.76. The van der Waals surface area contributed by atoms with E-state index in [4.69, 9.17) is 5.73 Å². The lowest BCUT2D eigenvalue weighted by molar-refractivity contribution is -0.213. The summed E-state index contributed by atoms with van der Waals surface area (Å²) in [6.45, 7) is 4.84. The Labute approximate surface area is 294 Å². The van der Waals surface area contributed by atoms with E-state index in [9.17, 15) is 47.4 Å². The van der Waals surface area contributed by atoms with Crippen LogP contribution in [-0.4, -0.2) is 63.9 Å². The molecule has 6 N–H and O–H groups in total. The minimum atomic E-state index is -5.10. The van der Waals surface area contributed by atoms with Gasteiger partial charge in [-0.2, -0.15) is 13.2 Å². The second kappa shape index (κ2) is 18.3. The number of phenolic OH excluding ortho intramolecular Hbond substituents is 1. The first-order valence-corrected chi connectivity index (χ1v) is 16.6. The Morgan fingerprint density at radius 3 is 1.92 bits per heavy atom. The van der Waals surface area contributed by atoms with E-state index >= 15 is 0 Å². The molecule has 0 radical (unpaired) electrons.